The molecule has 0 saturated heterocycles. The molecule has 0 saturated carbocycles. The van der Waals surface area contributed by atoms with Gasteiger partial charge in [-0.2, -0.15) is 0 Å². The molecule has 0 spiro atoms. The van der Waals surface area contributed by atoms with Crippen molar-refractivity contribution >= 4 is 32.8 Å². The van der Waals surface area contributed by atoms with Crippen LogP contribution in [0.2, 0.25) is 0 Å². The zero-order chi connectivity index (χ0) is 16.4. The third-order valence-electron chi connectivity index (χ3n) is 3.73. The van der Waals surface area contributed by atoms with Gasteiger partial charge in [0.2, 0.25) is 5.95 Å². The van der Waals surface area contributed by atoms with Gasteiger partial charge in [-0.25, -0.2) is 15.0 Å². The molecule has 0 aromatic carbocycles. The fourth-order valence-electron chi connectivity index (χ4n) is 2.64. The maximum Gasteiger partial charge on any atom is 0.220 e. The van der Waals surface area contributed by atoms with Crippen molar-refractivity contribution in [3.05, 3.63) is 34.8 Å². The summed E-state index contributed by atoms with van der Waals surface area (Å²) >= 11 is 3.45. The van der Waals surface area contributed by atoms with Crippen molar-refractivity contribution in [1.82, 2.24) is 19.5 Å². The Morgan fingerprint density at radius 2 is 2.13 bits per heavy atom. The van der Waals surface area contributed by atoms with Crippen LogP contribution in [-0.2, 0) is 11.3 Å². The molecule has 3 heterocycles. The Balaban J connectivity index is 2.15. The normalized spacial score (nSPS) is 11.3. The van der Waals surface area contributed by atoms with Crippen molar-refractivity contribution in [2.45, 2.75) is 19.9 Å². The molecular weight excluding hydrogens is 358 g/mol. The number of hydrogen-bond donors (Lipinski definition) is 1. The number of fused-ring (bicyclic) bond motifs is 1. The maximum absolute atomic E-state index is 5.78. The highest BCUT2D eigenvalue weighted by Crippen LogP contribution is 2.32. The van der Waals surface area contributed by atoms with E-state index in [2.05, 4.69) is 41.6 Å². The minimum Gasteiger partial charge on any atom is -0.385 e. The molecule has 0 atom stereocenters. The highest BCUT2D eigenvalue weighted by Gasteiger charge is 2.15. The van der Waals surface area contributed by atoms with Crippen molar-refractivity contribution in [2.75, 3.05) is 19.5 Å². The van der Waals surface area contributed by atoms with Crippen LogP contribution >= 0.6 is 15.9 Å². The minimum atomic E-state index is 0.277. The number of nitrogens with two attached hydrogens (primary N) is 1. The van der Waals surface area contributed by atoms with Crippen molar-refractivity contribution < 1.29 is 4.74 Å². The molecule has 3 aromatic rings. The fourth-order valence-corrected chi connectivity index (χ4v) is 2.97. The van der Waals surface area contributed by atoms with Gasteiger partial charge in [-0.05, 0) is 40.9 Å². The molecular formula is C16H18BrN5O. The van der Waals surface area contributed by atoms with E-state index in [1.165, 1.54) is 0 Å². The molecule has 0 radical (unpaired) electrons. The van der Waals surface area contributed by atoms with E-state index in [0.29, 0.717) is 0 Å². The second-order valence-corrected chi connectivity index (χ2v) is 6.18. The summed E-state index contributed by atoms with van der Waals surface area (Å²) in [5.41, 5.74) is 9.72. The maximum atomic E-state index is 5.78. The number of nitrogen functional groups attached to an aromatic ring is 1. The first-order chi connectivity index (χ1) is 11.1. The Kier molecular flexibility index (Phi) is 4.58. The number of rotatable bonds is 5. The SMILES string of the molecule is COCCCn1cc(-c2nc(N)ncc2C)c2cc(Br)ncc21. The van der Waals surface area contributed by atoms with Gasteiger partial charge in [-0.3, -0.25) is 0 Å². The summed E-state index contributed by atoms with van der Waals surface area (Å²) < 4.78 is 8.12. The van der Waals surface area contributed by atoms with Gasteiger partial charge in [0.1, 0.15) is 4.60 Å². The van der Waals surface area contributed by atoms with Gasteiger partial charge in [0, 0.05) is 43.6 Å². The van der Waals surface area contributed by atoms with Crippen LogP contribution in [0.4, 0.5) is 5.95 Å². The molecule has 0 aliphatic heterocycles. The zero-order valence-electron chi connectivity index (χ0n) is 13.1. The average molecular weight is 376 g/mol. The third-order valence-corrected chi connectivity index (χ3v) is 4.16. The van der Waals surface area contributed by atoms with E-state index in [1.54, 1.807) is 13.3 Å². The molecule has 6 nitrogen and oxygen atoms in total. The van der Waals surface area contributed by atoms with Gasteiger partial charge in [-0.15, -0.1) is 0 Å². The van der Waals surface area contributed by atoms with E-state index in [0.717, 1.165) is 51.9 Å². The smallest absolute Gasteiger partial charge is 0.220 e. The van der Waals surface area contributed by atoms with Crippen LogP contribution in [0.15, 0.2) is 29.3 Å². The Morgan fingerprint density at radius 1 is 1.30 bits per heavy atom. The Morgan fingerprint density at radius 3 is 2.91 bits per heavy atom. The van der Waals surface area contributed by atoms with E-state index >= 15 is 0 Å². The second-order valence-electron chi connectivity index (χ2n) is 5.37. The molecule has 0 bridgehead atoms. The number of nitrogens with zero attached hydrogens (tertiary/aromatic N) is 4. The van der Waals surface area contributed by atoms with Crippen LogP contribution in [0, 0.1) is 6.92 Å². The fraction of sp³-hybridized carbons (Fsp3) is 0.312. The summed E-state index contributed by atoms with van der Waals surface area (Å²) in [6.45, 7) is 3.56. The highest BCUT2D eigenvalue weighted by molar-refractivity contribution is 9.10. The first kappa shape index (κ1) is 15.9. The molecule has 0 aliphatic carbocycles. The number of halogens is 1. The van der Waals surface area contributed by atoms with Crippen LogP contribution in [-0.4, -0.2) is 33.2 Å². The van der Waals surface area contributed by atoms with Crippen molar-refractivity contribution in [1.29, 1.82) is 0 Å². The largest absolute Gasteiger partial charge is 0.385 e. The van der Waals surface area contributed by atoms with E-state index in [1.807, 2.05) is 19.2 Å². The number of methoxy groups -OCH3 is 1. The van der Waals surface area contributed by atoms with E-state index < -0.39 is 0 Å². The van der Waals surface area contributed by atoms with E-state index in [4.69, 9.17) is 10.5 Å². The number of anilines is 1. The third kappa shape index (κ3) is 3.20. The molecule has 0 fully saturated rings. The first-order valence-corrected chi connectivity index (χ1v) is 8.12. The van der Waals surface area contributed by atoms with Gasteiger partial charge in [0.05, 0.1) is 17.4 Å². The lowest BCUT2D eigenvalue weighted by molar-refractivity contribution is 0.190. The summed E-state index contributed by atoms with van der Waals surface area (Å²) in [6, 6.07) is 2.01. The minimum absolute atomic E-state index is 0.277. The van der Waals surface area contributed by atoms with Crippen LogP contribution in [0.25, 0.3) is 22.2 Å². The number of hydrogen-bond acceptors (Lipinski definition) is 5. The number of pyridine rings is 1. The van der Waals surface area contributed by atoms with Gasteiger partial charge in [0.15, 0.2) is 0 Å². The zero-order valence-corrected chi connectivity index (χ0v) is 14.7. The molecule has 0 unspecified atom stereocenters. The summed E-state index contributed by atoms with van der Waals surface area (Å²) in [5, 5.41) is 1.09. The van der Waals surface area contributed by atoms with Gasteiger partial charge >= 0.3 is 0 Å². The summed E-state index contributed by atoms with van der Waals surface area (Å²) in [7, 11) is 1.71. The quantitative estimate of drug-likeness (QED) is 0.547. The highest BCUT2D eigenvalue weighted by atomic mass is 79.9. The predicted molar refractivity (Wildman–Crippen MR) is 94.1 cm³/mol. The lowest BCUT2D eigenvalue weighted by Gasteiger charge is -2.04. The van der Waals surface area contributed by atoms with Crippen LogP contribution in [0.1, 0.15) is 12.0 Å². The van der Waals surface area contributed by atoms with Crippen molar-refractivity contribution in [2.24, 2.45) is 0 Å². The standard InChI is InChI=1S/C16H18BrN5O/c1-10-7-20-16(18)21-15(10)12-9-22(4-3-5-23-2)13-8-19-14(17)6-11(12)13/h6-9H,3-5H2,1-2H3,(H2,18,20,21). The summed E-state index contributed by atoms with van der Waals surface area (Å²) in [5.74, 6) is 0.277. The van der Waals surface area contributed by atoms with E-state index in [9.17, 15) is 0 Å². The van der Waals surface area contributed by atoms with Crippen molar-refractivity contribution in [3.63, 3.8) is 0 Å². The molecule has 2 N–H and O–H groups in total. The molecule has 7 heteroatoms. The lowest BCUT2D eigenvalue weighted by Crippen LogP contribution is -2.00. The molecule has 0 aliphatic rings. The summed E-state index contributed by atoms with van der Waals surface area (Å²) in [4.78, 5) is 12.8. The number of aromatic nitrogens is 4. The van der Waals surface area contributed by atoms with Crippen LogP contribution in [0.3, 0.4) is 0 Å². The van der Waals surface area contributed by atoms with Crippen molar-refractivity contribution in [3.8, 4) is 11.3 Å². The van der Waals surface area contributed by atoms with Gasteiger partial charge in [-0.1, -0.05) is 0 Å². The Bertz CT molecular complexity index is 846. The van der Waals surface area contributed by atoms with Crippen LogP contribution < -0.4 is 5.73 Å². The molecule has 23 heavy (non-hydrogen) atoms. The topological polar surface area (TPSA) is 78.9 Å². The second kappa shape index (κ2) is 6.64. The molecule has 120 valence electrons. The number of ether oxygens (including phenoxy) is 1. The number of aryl methyl sites for hydroxylation is 2. The van der Waals surface area contributed by atoms with E-state index in [-0.39, 0.29) is 5.95 Å². The summed E-state index contributed by atoms with van der Waals surface area (Å²) in [6.07, 6.45) is 6.65. The van der Waals surface area contributed by atoms with Gasteiger partial charge in [0.25, 0.3) is 0 Å². The van der Waals surface area contributed by atoms with Gasteiger partial charge < -0.3 is 15.0 Å². The molecule has 0 amide bonds. The average Bonchev–Trinajstić information content (AvgIpc) is 2.88. The molecule has 3 aromatic heterocycles. The Labute approximate surface area is 142 Å². The molecule has 3 rings (SSSR count). The van der Waals surface area contributed by atoms with Crippen LogP contribution in [0.5, 0.6) is 0 Å². The lowest BCUT2D eigenvalue weighted by atomic mass is 10.1. The Hall–Kier alpha value is -1.99. The monoisotopic (exact) mass is 375 g/mol. The predicted octanol–water partition coefficient (Wildman–Crippen LogP) is 3.18. The first-order valence-electron chi connectivity index (χ1n) is 7.33.